The summed E-state index contributed by atoms with van der Waals surface area (Å²) in [4.78, 5) is 16.6. The lowest BCUT2D eigenvalue weighted by Crippen LogP contribution is -2.37. The van der Waals surface area contributed by atoms with Crippen molar-refractivity contribution < 1.29 is 17.7 Å². The van der Waals surface area contributed by atoms with E-state index < -0.39 is 10.0 Å². The molecule has 2 aromatic rings. The molecule has 1 aliphatic heterocycles. The summed E-state index contributed by atoms with van der Waals surface area (Å²) in [6, 6.07) is 0. The van der Waals surface area contributed by atoms with Gasteiger partial charge in [0, 0.05) is 31.2 Å². The number of carbonyl (C=O) groups excluding carboxylic acids is 1. The number of sulfonamides is 1. The Labute approximate surface area is 158 Å². The first kappa shape index (κ1) is 19.5. The Morgan fingerprint density at radius 3 is 2.67 bits per heavy atom. The average Bonchev–Trinajstić information content (AvgIpc) is 3.25. The maximum Gasteiger partial charge on any atom is 0.255 e. The van der Waals surface area contributed by atoms with Gasteiger partial charge in [-0.05, 0) is 26.7 Å². The zero-order valence-corrected chi connectivity index (χ0v) is 16.5. The van der Waals surface area contributed by atoms with E-state index in [-0.39, 0.29) is 18.4 Å². The van der Waals surface area contributed by atoms with Crippen LogP contribution in [-0.4, -0.2) is 57.9 Å². The van der Waals surface area contributed by atoms with E-state index in [9.17, 15) is 13.2 Å². The molecule has 0 saturated carbocycles. The van der Waals surface area contributed by atoms with Gasteiger partial charge in [0.1, 0.15) is 0 Å². The number of aromatic nitrogens is 4. The summed E-state index contributed by atoms with van der Waals surface area (Å²) < 4.78 is 31.6. The average molecular weight is 396 g/mol. The number of amides is 1. The second-order valence-electron chi connectivity index (χ2n) is 6.62. The molecule has 0 atom stereocenters. The third-order valence-corrected chi connectivity index (χ3v) is 6.12. The van der Waals surface area contributed by atoms with E-state index >= 15 is 0 Å². The molecule has 10 nitrogen and oxygen atoms in total. The normalized spacial score (nSPS) is 16.6. The molecule has 2 aromatic heterocycles. The van der Waals surface area contributed by atoms with E-state index in [4.69, 9.17) is 4.52 Å². The van der Waals surface area contributed by atoms with Gasteiger partial charge in [-0.2, -0.15) is 10.1 Å². The molecule has 0 bridgehead atoms. The maximum atomic E-state index is 12.3. The fourth-order valence-electron chi connectivity index (χ4n) is 3.19. The molecule has 1 fully saturated rings. The molecule has 1 aliphatic rings. The van der Waals surface area contributed by atoms with Crippen molar-refractivity contribution in [1.29, 1.82) is 0 Å². The highest BCUT2D eigenvalue weighted by molar-refractivity contribution is 7.88. The molecule has 3 heterocycles. The van der Waals surface area contributed by atoms with Gasteiger partial charge in [-0.1, -0.05) is 5.16 Å². The number of nitrogens with zero attached hydrogens (tertiary/aromatic N) is 5. The van der Waals surface area contributed by atoms with Crippen LogP contribution in [0.25, 0.3) is 0 Å². The van der Waals surface area contributed by atoms with Gasteiger partial charge in [-0.3, -0.25) is 9.48 Å². The van der Waals surface area contributed by atoms with E-state index in [0.29, 0.717) is 49.8 Å². The van der Waals surface area contributed by atoms with Gasteiger partial charge in [-0.25, -0.2) is 12.7 Å². The quantitative estimate of drug-likeness (QED) is 0.761. The third-order valence-electron chi connectivity index (χ3n) is 4.82. The Balaban J connectivity index is 1.55. The lowest BCUT2D eigenvalue weighted by atomic mass is 9.98. The van der Waals surface area contributed by atoms with E-state index in [1.165, 1.54) is 10.6 Å². The molecular formula is C16H24N6O4S. The molecule has 27 heavy (non-hydrogen) atoms. The number of hydrogen-bond donors (Lipinski definition) is 1. The lowest BCUT2D eigenvalue weighted by Gasteiger charge is -2.28. The summed E-state index contributed by atoms with van der Waals surface area (Å²) in [5.74, 6) is 0.696. The molecule has 148 valence electrons. The summed E-state index contributed by atoms with van der Waals surface area (Å²) in [7, 11) is -3.16. The first-order valence-electron chi connectivity index (χ1n) is 8.87. The Bertz CT molecular complexity index is 911. The van der Waals surface area contributed by atoms with Crippen molar-refractivity contribution >= 4 is 15.9 Å². The first-order chi connectivity index (χ1) is 12.8. The van der Waals surface area contributed by atoms with Gasteiger partial charge in [0.25, 0.3) is 5.91 Å². The lowest BCUT2D eigenvalue weighted by molar-refractivity contribution is 0.0945. The van der Waals surface area contributed by atoms with Gasteiger partial charge in [0.15, 0.2) is 5.82 Å². The van der Waals surface area contributed by atoms with Crippen LogP contribution >= 0.6 is 0 Å². The highest BCUT2D eigenvalue weighted by Crippen LogP contribution is 2.26. The van der Waals surface area contributed by atoms with Gasteiger partial charge in [0.05, 0.1) is 24.6 Å². The fourth-order valence-corrected chi connectivity index (χ4v) is 4.06. The van der Waals surface area contributed by atoms with Crippen molar-refractivity contribution in [2.45, 2.75) is 45.7 Å². The van der Waals surface area contributed by atoms with Crippen LogP contribution in [0.5, 0.6) is 0 Å². The number of hydrogen-bond acceptors (Lipinski definition) is 7. The van der Waals surface area contributed by atoms with Crippen molar-refractivity contribution in [3.8, 4) is 0 Å². The molecule has 1 amide bonds. The molecule has 1 saturated heterocycles. The van der Waals surface area contributed by atoms with Crippen LogP contribution in [0.4, 0.5) is 0 Å². The zero-order valence-electron chi connectivity index (χ0n) is 15.7. The third kappa shape index (κ3) is 4.35. The van der Waals surface area contributed by atoms with Crippen LogP contribution in [0.1, 0.15) is 53.5 Å². The van der Waals surface area contributed by atoms with Crippen LogP contribution < -0.4 is 5.32 Å². The van der Waals surface area contributed by atoms with Crippen LogP contribution in [-0.2, 0) is 23.1 Å². The monoisotopic (exact) mass is 396 g/mol. The summed E-state index contributed by atoms with van der Waals surface area (Å²) >= 11 is 0. The van der Waals surface area contributed by atoms with Crippen LogP contribution in [0.3, 0.4) is 0 Å². The summed E-state index contributed by atoms with van der Waals surface area (Å²) in [6.45, 7) is 5.53. The summed E-state index contributed by atoms with van der Waals surface area (Å²) in [5, 5.41) is 10.9. The fraction of sp³-hybridized carbons (Fsp3) is 0.625. The standard InChI is InChI=1S/C16H24N6O4S/c1-4-22-11(2)13(9-18-22)16(23)17-10-14-19-15(20-26-14)12-5-7-21(8-6-12)27(3,24)25/h9,12H,4-8,10H2,1-3H3,(H,17,23). The van der Waals surface area contributed by atoms with Gasteiger partial charge >= 0.3 is 0 Å². The Morgan fingerprint density at radius 1 is 1.37 bits per heavy atom. The topological polar surface area (TPSA) is 123 Å². The zero-order chi connectivity index (χ0) is 19.6. The van der Waals surface area contributed by atoms with Gasteiger partial charge in [0.2, 0.25) is 15.9 Å². The maximum absolute atomic E-state index is 12.3. The van der Waals surface area contributed by atoms with Crippen LogP contribution in [0.2, 0.25) is 0 Å². The van der Waals surface area contributed by atoms with Crippen molar-refractivity contribution in [2.24, 2.45) is 0 Å². The minimum absolute atomic E-state index is 0.0567. The minimum atomic E-state index is -3.16. The molecule has 0 aliphatic carbocycles. The summed E-state index contributed by atoms with van der Waals surface area (Å²) in [5.41, 5.74) is 1.32. The smallest absolute Gasteiger partial charge is 0.255 e. The molecule has 0 radical (unpaired) electrons. The van der Waals surface area contributed by atoms with E-state index in [2.05, 4.69) is 20.6 Å². The highest BCUT2D eigenvalue weighted by Gasteiger charge is 2.28. The minimum Gasteiger partial charge on any atom is -0.343 e. The molecule has 11 heteroatoms. The van der Waals surface area contributed by atoms with Crippen LogP contribution in [0, 0.1) is 6.92 Å². The Morgan fingerprint density at radius 2 is 2.07 bits per heavy atom. The summed E-state index contributed by atoms with van der Waals surface area (Å²) in [6.07, 6.45) is 4.05. The van der Waals surface area contributed by atoms with Crippen molar-refractivity contribution in [3.05, 3.63) is 29.2 Å². The van der Waals surface area contributed by atoms with Crippen LogP contribution in [0.15, 0.2) is 10.7 Å². The molecule has 1 N–H and O–H groups in total. The molecular weight excluding hydrogens is 372 g/mol. The van der Waals surface area contributed by atoms with Gasteiger partial charge < -0.3 is 9.84 Å². The number of carbonyl (C=O) groups is 1. The van der Waals surface area contributed by atoms with E-state index in [0.717, 1.165) is 5.69 Å². The molecule has 0 spiro atoms. The number of aryl methyl sites for hydroxylation is 1. The van der Waals surface area contributed by atoms with Crippen molar-refractivity contribution in [1.82, 2.24) is 29.5 Å². The second-order valence-corrected chi connectivity index (χ2v) is 8.61. The second kappa shape index (κ2) is 7.77. The number of nitrogens with one attached hydrogen (secondary N) is 1. The predicted octanol–water partition coefficient (Wildman–Crippen LogP) is 0.663. The van der Waals surface area contributed by atoms with E-state index in [1.54, 1.807) is 10.9 Å². The SMILES string of the molecule is CCn1ncc(C(=O)NCc2nc(C3CCN(S(C)(=O)=O)CC3)no2)c1C. The Kier molecular flexibility index (Phi) is 5.61. The van der Waals surface area contributed by atoms with Crippen molar-refractivity contribution in [2.75, 3.05) is 19.3 Å². The predicted molar refractivity (Wildman–Crippen MR) is 96.5 cm³/mol. The molecule has 0 unspecified atom stereocenters. The van der Waals surface area contributed by atoms with E-state index in [1.807, 2.05) is 13.8 Å². The largest absolute Gasteiger partial charge is 0.343 e. The Hall–Kier alpha value is -2.27. The first-order valence-corrected chi connectivity index (χ1v) is 10.7. The van der Waals surface area contributed by atoms with Crippen molar-refractivity contribution in [3.63, 3.8) is 0 Å². The molecule has 0 aromatic carbocycles. The number of rotatable bonds is 6. The molecule has 3 rings (SSSR count). The highest BCUT2D eigenvalue weighted by atomic mass is 32.2. The number of piperidine rings is 1. The van der Waals surface area contributed by atoms with Gasteiger partial charge in [-0.15, -0.1) is 0 Å².